The summed E-state index contributed by atoms with van der Waals surface area (Å²) < 4.78 is 37.1. The van der Waals surface area contributed by atoms with Gasteiger partial charge in [-0.05, 0) is 36.0 Å². The Morgan fingerprint density at radius 1 is 1.13 bits per heavy atom. The van der Waals surface area contributed by atoms with Crippen LogP contribution in [0, 0.1) is 0 Å². The Bertz CT molecular complexity index is 371. The second-order valence-corrected chi connectivity index (χ2v) is 3.90. The summed E-state index contributed by atoms with van der Waals surface area (Å²) in [6.45, 7) is 0. The molecule has 1 aliphatic rings. The largest absolute Gasteiger partial charge is 0.407 e. The molecule has 1 aromatic rings. The van der Waals surface area contributed by atoms with Crippen molar-refractivity contribution in [2.45, 2.75) is 31.5 Å². The van der Waals surface area contributed by atoms with Crippen molar-refractivity contribution in [3.8, 4) is 0 Å². The lowest BCUT2D eigenvalue weighted by molar-refractivity contribution is -0.149. The molecule has 1 atom stereocenters. The molecule has 0 spiro atoms. The van der Waals surface area contributed by atoms with Crippen molar-refractivity contribution < 1.29 is 13.2 Å². The standard InChI is InChI=1S/C11H12F3N/c12-11(13,14)10(15)9-5-4-7-2-1-3-8(7)6-9/h4-6,10H,1-3,15H2/t10-/m0/s1. The van der Waals surface area contributed by atoms with E-state index < -0.39 is 12.2 Å². The third-order valence-corrected chi connectivity index (χ3v) is 2.83. The highest BCUT2D eigenvalue weighted by molar-refractivity contribution is 5.36. The summed E-state index contributed by atoms with van der Waals surface area (Å²) in [6.07, 6.45) is -1.49. The third kappa shape index (κ3) is 2.00. The van der Waals surface area contributed by atoms with Crippen LogP contribution >= 0.6 is 0 Å². The van der Waals surface area contributed by atoms with Crippen LogP contribution in [0.3, 0.4) is 0 Å². The molecule has 2 rings (SSSR count). The Morgan fingerprint density at radius 3 is 2.47 bits per heavy atom. The summed E-state index contributed by atoms with van der Waals surface area (Å²) in [6, 6.07) is 3.00. The lowest BCUT2D eigenvalue weighted by Crippen LogP contribution is -2.28. The van der Waals surface area contributed by atoms with E-state index in [9.17, 15) is 13.2 Å². The predicted molar refractivity (Wildman–Crippen MR) is 51.5 cm³/mol. The van der Waals surface area contributed by atoms with Gasteiger partial charge >= 0.3 is 6.18 Å². The zero-order chi connectivity index (χ0) is 11.1. The van der Waals surface area contributed by atoms with Gasteiger partial charge in [-0.15, -0.1) is 0 Å². The molecule has 0 unspecified atom stereocenters. The Labute approximate surface area is 86.1 Å². The van der Waals surface area contributed by atoms with Crippen molar-refractivity contribution in [3.05, 3.63) is 34.9 Å². The van der Waals surface area contributed by atoms with Gasteiger partial charge in [-0.1, -0.05) is 18.2 Å². The van der Waals surface area contributed by atoms with Crippen molar-refractivity contribution in [2.75, 3.05) is 0 Å². The number of rotatable bonds is 1. The fourth-order valence-electron chi connectivity index (χ4n) is 1.97. The molecular weight excluding hydrogens is 203 g/mol. The van der Waals surface area contributed by atoms with Gasteiger partial charge in [0.2, 0.25) is 0 Å². The monoisotopic (exact) mass is 215 g/mol. The smallest absolute Gasteiger partial charge is 0.316 e. The van der Waals surface area contributed by atoms with Crippen LogP contribution in [0.5, 0.6) is 0 Å². The lowest BCUT2D eigenvalue weighted by atomic mass is 10.0. The van der Waals surface area contributed by atoms with E-state index in [-0.39, 0.29) is 5.56 Å². The van der Waals surface area contributed by atoms with Crippen LogP contribution in [-0.4, -0.2) is 6.18 Å². The number of alkyl halides is 3. The lowest BCUT2D eigenvalue weighted by Gasteiger charge is -2.16. The molecular formula is C11H12F3N. The number of fused-ring (bicyclic) bond motifs is 1. The summed E-state index contributed by atoms with van der Waals surface area (Å²) in [7, 11) is 0. The first-order chi connectivity index (χ1) is 6.98. The zero-order valence-corrected chi connectivity index (χ0v) is 8.14. The van der Waals surface area contributed by atoms with Gasteiger partial charge in [0.25, 0.3) is 0 Å². The van der Waals surface area contributed by atoms with Gasteiger partial charge in [0.15, 0.2) is 0 Å². The molecule has 1 aliphatic carbocycles. The van der Waals surface area contributed by atoms with Crippen molar-refractivity contribution in [1.29, 1.82) is 0 Å². The van der Waals surface area contributed by atoms with Crippen molar-refractivity contribution in [2.24, 2.45) is 5.73 Å². The Balaban J connectivity index is 2.31. The van der Waals surface area contributed by atoms with Crippen LogP contribution in [0.4, 0.5) is 13.2 Å². The second-order valence-electron chi connectivity index (χ2n) is 3.90. The fourth-order valence-corrected chi connectivity index (χ4v) is 1.97. The molecule has 0 radical (unpaired) electrons. The molecule has 0 amide bonds. The van der Waals surface area contributed by atoms with E-state index in [0.29, 0.717) is 0 Å². The topological polar surface area (TPSA) is 26.0 Å². The molecule has 0 aromatic heterocycles. The first kappa shape index (κ1) is 10.5. The van der Waals surface area contributed by atoms with Crippen LogP contribution in [0.1, 0.15) is 29.2 Å². The van der Waals surface area contributed by atoms with E-state index in [4.69, 9.17) is 5.73 Å². The van der Waals surface area contributed by atoms with E-state index >= 15 is 0 Å². The van der Waals surface area contributed by atoms with E-state index in [1.165, 1.54) is 6.07 Å². The van der Waals surface area contributed by atoms with E-state index in [1.807, 2.05) is 0 Å². The van der Waals surface area contributed by atoms with E-state index in [1.54, 1.807) is 12.1 Å². The number of nitrogens with two attached hydrogens (primary N) is 1. The van der Waals surface area contributed by atoms with Crippen LogP contribution in [0.25, 0.3) is 0 Å². The third-order valence-electron chi connectivity index (χ3n) is 2.83. The van der Waals surface area contributed by atoms with Crippen molar-refractivity contribution in [1.82, 2.24) is 0 Å². The number of halogens is 3. The van der Waals surface area contributed by atoms with Crippen LogP contribution in [0.2, 0.25) is 0 Å². The van der Waals surface area contributed by atoms with Gasteiger partial charge in [0.1, 0.15) is 6.04 Å². The first-order valence-electron chi connectivity index (χ1n) is 4.92. The number of aryl methyl sites for hydroxylation is 2. The highest BCUT2D eigenvalue weighted by atomic mass is 19.4. The molecule has 1 aromatic carbocycles. The van der Waals surface area contributed by atoms with Gasteiger partial charge in [-0.25, -0.2) is 0 Å². The highest BCUT2D eigenvalue weighted by Gasteiger charge is 2.38. The molecule has 4 heteroatoms. The summed E-state index contributed by atoms with van der Waals surface area (Å²) in [5, 5.41) is 0. The molecule has 0 fully saturated rings. The van der Waals surface area contributed by atoms with E-state index in [2.05, 4.69) is 0 Å². The number of hydrogen-bond acceptors (Lipinski definition) is 1. The Hall–Kier alpha value is -1.03. The zero-order valence-electron chi connectivity index (χ0n) is 8.14. The van der Waals surface area contributed by atoms with Gasteiger partial charge in [-0.2, -0.15) is 13.2 Å². The van der Waals surface area contributed by atoms with Gasteiger partial charge < -0.3 is 5.73 Å². The summed E-state index contributed by atoms with van der Waals surface area (Å²) in [4.78, 5) is 0. The normalized spacial score (nSPS) is 17.6. The highest BCUT2D eigenvalue weighted by Crippen LogP contribution is 2.32. The minimum Gasteiger partial charge on any atom is -0.316 e. The minimum atomic E-state index is -4.35. The number of benzene rings is 1. The quantitative estimate of drug-likeness (QED) is 0.765. The first-order valence-corrected chi connectivity index (χ1v) is 4.92. The van der Waals surface area contributed by atoms with Crippen molar-refractivity contribution >= 4 is 0 Å². The average molecular weight is 215 g/mol. The molecule has 0 saturated carbocycles. The maximum atomic E-state index is 12.4. The van der Waals surface area contributed by atoms with Crippen molar-refractivity contribution in [3.63, 3.8) is 0 Å². The minimum absolute atomic E-state index is 0.170. The Kier molecular flexibility index (Phi) is 2.46. The SMILES string of the molecule is N[C@@H](c1ccc2c(c1)CCC2)C(F)(F)F. The summed E-state index contributed by atoms with van der Waals surface area (Å²) in [5.41, 5.74) is 7.49. The van der Waals surface area contributed by atoms with Gasteiger partial charge in [-0.3, -0.25) is 0 Å². The molecule has 2 N–H and O–H groups in total. The van der Waals surface area contributed by atoms with Crippen LogP contribution in [-0.2, 0) is 12.8 Å². The van der Waals surface area contributed by atoms with E-state index in [0.717, 1.165) is 30.4 Å². The maximum Gasteiger partial charge on any atom is 0.407 e. The second kappa shape index (κ2) is 3.52. The van der Waals surface area contributed by atoms with Crippen LogP contribution < -0.4 is 5.73 Å². The van der Waals surface area contributed by atoms with Gasteiger partial charge in [0, 0.05) is 0 Å². The summed E-state index contributed by atoms with van der Waals surface area (Å²) in [5.74, 6) is 0. The molecule has 1 nitrogen and oxygen atoms in total. The Morgan fingerprint density at radius 2 is 1.80 bits per heavy atom. The molecule has 82 valence electrons. The fraction of sp³-hybridized carbons (Fsp3) is 0.455. The van der Waals surface area contributed by atoms with Gasteiger partial charge in [0.05, 0.1) is 0 Å². The molecule has 0 aliphatic heterocycles. The average Bonchev–Trinajstić information content (AvgIpc) is 2.61. The maximum absolute atomic E-state index is 12.4. The predicted octanol–water partition coefficient (Wildman–Crippen LogP) is 2.74. The molecule has 0 bridgehead atoms. The molecule has 15 heavy (non-hydrogen) atoms. The van der Waals surface area contributed by atoms with Crippen LogP contribution in [0.15, 0.2) is 18.2 Å². The molecule has 0 heterocycles. The summed E-state index contributed by atoms with van der Waals surface area (Å²) >= 11 is 0. The number of hydrogen-bond donors (Lipinski definition) is 1. The molecule has 0 saturated heterocycles.